The van der Waals surface area contributed by atoms with Gasteiger partial charge in [-0.3, -0.25) is 4.68 Å². The largest absolute Gasteiger partial charge is 0.326 e. The van der Waals surface area contributed by atoms with E-state index in [1.165, 1.54) is 5.56 Å². The number of nitrogens with zero attached hydrogens (tertiary/aromatic N) is 2. The van der Waals surface area contributed by atoms with Gasteiger partial charge in [0.15, 0.2) is 0 Å². The summed E-state index contributed by atoms with van der Waals surface area (Å²) in [4.78, 5) is 0. The molecule has 0 bridgehead atoms. The van der Waals surface area contributed by atoms with E-state index in [9.17, 15) is 0 Å². The molecule has 2 rings (SSSR count). The van der Waals surface area contributed by atoms with Gasteiger partial charge < -0.3 is 5.73 Å². The van der Waals surface area contributed by atoms with Crippen LogP contribution in [0.4, 0.5) is 0 Å². The standard InChI is InChI=1S/C13H17N3/c1-10(2)16-9-12(8-15-16)13-6-4-3-5-11(13)7-14/h3-6,8-10H,7,14H2,1-2H3. The average molecular weight is 215 g/mol. The van der Waals surface area contributed by atoms with E-state index < -0.39 is 0 Å². The summed E-state index contributed by atoms with van der Waals surface area (Å²) < 4.78 is 1.96. The molecule has 2 N–H and O–H groups in total. The first-order valence-electron chi connectivity index (χ1n) is 5.55. The molecule has 0 atom stereocenters. The van der Waals surface area contributed by atoms with Crippen molar-refractivity contribution in [1.82, 2.24) is 9.78 Å². The molecular formula is C13H17N3. The van der Waals surface area contributed by atoms with Crippen molar-refractivity contribution in [3.05, 3.63) is 42.2 Å². The van der Waals surface area contributed by atoms with Crippen LogP contribution in [-0.2, 0) is 6.54 Å². The zero-order valence-electron chi connectivity index (χ0n) is 9.72. The molecule has 0 spiro atoms. The molecule has 1 aromatic carbocycles. The first-order chi connectivity index (χ1) is 7.72. The van der Waals surface area contributed by atoms with Crippen LogP contribution in [0.3, 0.4) is 0 Å². The number of nitrogens with two attached hydrogens (primary N) is 1. The predicted molar refractivity (Wildman–Crippen MR) is 65.9 cm³/mol. The summed E-state index contributed by atoms with van der Waals surface area (Å²) in [6.45, 7) is 4.79. The second kappa shape index (κ2) is 4.49. The third-order valence-electron chi connectivity index (χ3n) is 2.68. The van der Waals surface area contributed by atoms with Gasteiger partial charge in [-0.05, 0) is 25.0 Å². The number of aromatic nitrogens is 2. The second-order valence-electron chi connectivity index (χ2n) is 4.16. The van der Waals surface area contributed by atoms with Crippen LogP contribution in [-0.4, -0.2) is 9.78 Å². The van der Waals surface area contributed by atoms with Gasteiger partial charge in [0.1, 0.15) is 0 Å². The predicted octanol–water partition coefficient (Wildman–Crippen LogP) is 2.59. The quantitative estimate of drug-likeness (QED) is 0.855. The molecule has 1 heterocycles. The molecule has 3 heteroatoms. The molecule has 0 unspecified atom stereocenters. The Balaban J connectivity index is 2.42. The Morgan fingerprint density at radius 3 is 2.69 bits per heavy atom. The van der Waals surface area contributed by atoms with Gasteiger partial charge in [-0.2, -0.15) is 5.10 Å². The third kappa shape index (κ3) is 1.99. The minimum atomic E-state index is 0.388. The van der Waals surface area contributed by atoms with Crippen LogP contribution in [0, 0.1) is 0 Å². The van der Waals surface area contributed by atoms with Crippen LogP contribution in [0.15, 0.2) is 36.7 Å². The number of hydrogen-bond acceptors (Lipinski definition) is 2. The highest BCUT2D eigenvalue weighted by Gasteiger charge is 2.06. The highest BCUT2D eigenvalue weighted by molar-refractivity contribution is 5.65. The summed E-state index contributed by atoms with van der Waals surface area (Å²) in [5.74, 6) is 0. The summed E-state index contributed by atoms with van der Waals surface area (Å²) in [7, 11) is 0. The van der Waals surface area contributed by atoms with Crippen molar-refractivity contribution in [1.29, 1.82) is 0 Å². The zero-order chi connectivity index (χ0) is 11.5. The van der Waals surface area contributed by atoms with Gasteiger partial charge in [0, 0.05) is 24.3 Å². The lowest BCUT2D eigenvalue weighted by molar-refractivity contribution is 0.532. The zero-order valence-corrected chi connectivity index (χ0v) is 9.72. The van der Waals surface area contributed by atoms with Crippen LogP contribution in [0.2, 0.25) is 0 Å². The molecule has 0 saturated carbocycles. The number of benzene rings is 1. The lowest BCUT2D eigenvalue weighted by atomic mass is 10.0. The van der Waals surface area contributed by atoms with Gasteiger partial charge in [0.25, 0.3) is 0 Å². The summed E-state index contributed by atoms with van der Waals surface area (Å²) in [6.07, 6.45) is 3.97. The van der Waals surface area contributed by atoms with Crippen LogP contribution in [0.25, 0.3) is 11.1 Å². The molecule has 0 amide bonds. The Hall–Kier alpha value is -1.61. The highest BCUT2D eigenvalue weighted by Crippen LogP contribution is 2.23. The highest BCUT2D eigenvalue weighted by atomic mass is 15.3. The summed E-state index contributed by atoms with van der Waals surface area (Å²) in [5.41, 5.74) is 9.20. The van der Waals surface area contributed by atoms with Crippen molar-refractivity contribution >= 4 is 0 Å². The van der Waals surface area contributed by atoms with Gasteiger partial charge in [-0.1, -0.05) is 24.3 Å². The molecule has 3 nitrogen and oxygen atoms in total. The normalized spacial score (nSPS) is 11.0. The van der Waals surface area contributed by atoms with Gasteiger partial charge >= 0.3 is 0 Å². The fraction of sp³-hybridized carbons (Fsp3) is 0.308. The van der Waals surface area contributed by atoms with Crippen LogP contribution in [0.5, 0.6) is 0 Å². The molecule has 0 aliphatic heterocycles. The molecule has 2 aromatic rings. The van der Waals surface area contributed by atoms with E-state index in [1.807, 2.05) is 23.0 Å². The summed E-state index contributed by atoms with van der Waals surface area (Å²) in [6, 6.07) is 8.57. The van der Waals surface area contributed by atoms with Crippen molar-refractivity contribution in [3.8, 4) is 11.1 Å². The van der Waals surface area contributed by atoms with Crippen molar-refractivity contribution in [2.24, 2.45) is 5.73 Å². The van der Waals surface area contributed by atoms with E-state index in [2.05, 4.69) is 37.3 Å². The Morgan fingerprint density at radius 1 is 1.31 bits per heavy atom. The third-order valence-corrected chi connectivity index (χ3v) is 2.68. The van der Waals surface area contributed by atoms with E-state index in [4.69, 9.17) is 5.73 Å². The molecule has 0 aliphatic carbocycles. The molecule has 0 aliphatic rings. The minimum Gasteiger partial charge on any atom is -0.326 e. The first kappa shape index (κ1) is 10.9. The fourth-order valence-electron chi connectivity index (χ4n) is 1.74. The topological polar surface area (TPSA) is 43.8 Å². The van der Waals surface area contributed by atoms with E-state index in [0.29, 0.717) is 12.6 Å². The molecule has 0 saturated heterocycles. The maximum Gasteiger partial charge on any atom is 0.0568 e. The van der Waals surface area contributed by atoms with E-state index >= 15 is 0 Å². The lowest BCUT2D eigenvalue weighted by Gasteiger charge is -2.05. The van der Waals surface area contributed by atoms with E-state index in [-0.39, 0.29) is 0 Å². The van der Waals surface area contributed by atoms with Crippen molar-refractivity contribution in [2.45, 2.75) is 26.4 Å². The molecular weight excluding hydrogens is 198 g/mol. The fourth-order valence-corrected chi connectivity index (χ4v) is 1.74. The van der Waals surface area contributed by atoms with Gasteiger partial charge in [-0.25, -0.2) is 0 Å². The minimum absolute atomic E-state index is 0.388. The average Bonchev–Trinajstić information content (AvgIpc) is 2.78. The van der Waals surface area contributed by atoms with Gasteiger partial charge in [0.05, 0.1) is 6.20 Å². The molecule has 16 heavy (non-hydrogen) atoms. The summed E-state index contributed by atoms with van der Waals surface area (Å²) >= 11 is 0. The Bertz CT molecular complexity index is 472. The maximum absolute atomic E-state index is 5.73. The van der Waals surface area contributed by atoms with Crippen LogP contribution in [0.1, 0.15) is 25.5 Å². The van der Waals surface area contributed by atoms with E-state index in [1.54, 1.807) is 0 Å². The maximum atomic E-state index is 5.73. The van der Waals surface area contributed by atoms with Crippen molar-refractivity contribution < 1.29 is 0 Å². The van der Waals surface area contributed by atoms with Gasteiger partial charge in [0.2, 0.25) is 0 Å². The Morgan fingerprint density at radius 2 is 2.06 bits per heavy atom. The lowest BCUT2D eigenvalue weighted by Crippen LogP contribution is -2.00. The van der Waals surface area contributed by atoms with Crippen molar-refractivity contribution in [3.63, 3.8) is 0 Å². The first-order valence-corrected chi connectivity index (χ1v) is 5.55. The smallest absolute Gasteiger partial charge is 0.0568 e. The SMILES string of the molecule is CC(C)n1cc(-c2ccccc2CN)cn1. The van der Waals surface area contributed by atoms with Crippen LogP contribution < -0.4 is 5.73 Å². The van der Waals surface area contributed by atoms with Gasteiger partial charge in [-0.15, -0.1) is 0 Å². The summed E-state index contributed by atoms with van der Waals surface area (Å²) in [5, 5.41) is 4.34. The Labute approximate surface area is 95.9 Å². The van der Waals surface area contributed by atoms with Crippen molar-refractivity contribution in [2.75, 3.05) is 0 Å². The second-order valence-corrected chi connectivity index (χ2v) is 4.16. The number of hydrogen-bond donors (Lipinski definition) is 1. The van der Waals surface area contributed by atoms with E-state index in [0.717, 1.165) is 11.1 Å². The molecule has 0 radical (unpaired) electrons. The Kier molecular flexibility index (Phi) is 3.06. The molecule has 1 aromatic heterocycles. The number of rotatable bonds is 3. The molecule has 84 valence electrons. The molecule has 0 fully saturated rings. The monoisotopic (exact) mass is 215 g/mol. The van der Waals surface area contributed by atoms with Crippen LogP contribution >= 0.6 is 0 Å².